The largest absolute Gasteiger partial charge is 0.264 e. The van der Waals surface area contributed by atoms with Crippen molar-refractivity contribution in [1.29, 1.82) is 0 Å². The number of rotatable bonds is 7. The number of aromatic nitrogens is 4. The first-order valence-electron chi connectivity index (χ1n) is 18.5. The smallest absolute Gasteiger partial charge is 0.164 e. The van der Waals surface area contributed by atoms with Gasteiger partial charge in [-0.1, -0.05) is 176 Å². The molecule has 258 valence electrons. The van der Waals surface area contributed by atoms with Crippen LogP contribution in [0, 0.1) is 0 Å². The number of hydrogen-bond donors (Lipinski definition) is 0. The zero-order valence-electron chi connectivity index (χ0n) is 29.9. The third kappa shape index (κ3) is 5.63. The van der Waals surface area contributed by atoms with E-state index in [1.807, 2.05) is 42.6 Å². The predicted octanol–water partition coefficient (Wildman–Crippen LogP) is 12.0. The molecule has 1 aliphatic rings. The predicted molar refractivity (Wildman–Crippen MR) is 222 cm³/mol. The standard InChI is InChI=1S/C51H34N4/c1-4-14-36(15-5-1)48-53-49(37-27-25-35(26-28-37)41-18-13-31-52-34-41)55-50(54-48)40-17-12-16-38(32-40)39-29-30-47-45(33-39)44-23-10-11-24-46(44)51(47,42-19-6-2-7-20-42)43-21-8-3-9-22-43/h1-34H. The second-order valence-corrected chi connectivity index (χ2v) is 13.9. The van der Waals surface area contributed by atoms with Crippen molar-refractivity contribution in [3.63, 3.8) is 0 Å². The SMILES string of the molecule is c1ccc(-c2nc(-c3ccc(-c4cccnc4)cc3)nc(-c3cccc(-c4ccc5c(c4)-c4ccccc4C5(c4ccccc4)c4ccccc4)c3)n2)cc1. The molecule has 0 N–H and O–H groups in total. The molecule has 2 aromatic heterocycles. The second-order valence-electron chi connectivity index (χ2n) is 13.9. The van der Waals surface area contributed by atoms with Crippen LogP contribution in [-0.2, 0) is 5.41 Å². The molecule has 2 heterocycles. The van der Waals surface area contributed by atoms with Crippen LogP contribution in [0.15, 0.2) is 207 Å². The van der Waals surface area contributed by atoms with Gasteiger partial charge in [-0.3, -0.25) is 4.98 Å². The molecule has 0 amide bonds. The third-order valence-corrected chi connectivity index (χ3v) is 10.7. The molecule has 0 saturated heterocycles. The van der Waals surface area contributed by atoms with E-state index in [9.17, 15) is 0 Å². The van der Waals surface area contributed by atoms with Crippen molar-refractivity contribution in [3.05, 3.63) is 229 Å². The molecule has 0 bridgehead atoms. The van der Waals surface area contributed by atoms with Crippen LogP contribution in [0.2, 0.25) is 0 Å². The number of pyridine rings is 1. The molecule has 0 fully saturated rings. The third-order valence-electron chi connectivity index (χ3n) is 10.7. The van der Waals surface area contributed by atoms with Gasteiger partial charge < -0.3 is 0 Å². The minimum absolute atomic E-state index is 0.430. The number of nitrogens with zero attached hydrogens (tertiary/aromatic N) is 4. The van der Waals surface area contributed by atoms with Crippen LogP contribution >= 0.6 is 0 Å². The lowest BCUT2D eigenvalue weighted by Gasteiger charge is -2.33. The van der Waals surface area contributed by atoms with Crippen molar-refractivity contribution in [2.45, 2.75) is 5.41 Å². The fraction of sp³-hybridized carbons (Fsp3) is 0.0196. The maximum absolute atomic E-state index is 5.08. The van der Waals surface area contributed by atoms with Crippen molar-refractivity contribution < 1.29 is 0 Å². The Labute approximate surface area is 320 Å². The van der Waals surface area contributed by atoms with Gasteiger partial charge in [0.15, 0.2) is 17.5 Å². The Kier molecular flexibility index (Phi) is 8.00. The van der Waals surface area contributed by atoms with E-state index < -0.39 is 5.41 Å². The summed E-state index contributed by atoms with van der Waals surface area (Å²) in [5.74, 6) is 1.88. The average molecular weight is 703 g/mol. The summed E-state index contributed by atoms with van der Waals surface area (Å²) in [4.78, 5) is 19.4. The van der Waals surface area contributed by atoms with Crippen molar-refractivity contribution in [2.24, 2.45) is 0 Å². The highest BCUT2D eigenvalue weighted by Gasteiger charge is 2.45. The monoisotopic (exact) mass is 702 g/mol. The molecule has 0 aliphatic heterocycles. The number of fused-ring (bicyclic) bond motifs is 3. The Balaban J connectivity index is 1.09. The Bertz CT molecular complexity index is 2740. The number of hydrogen-bond acceptors (Lipinski definition) is 4. The molecular formula is C51H34N4. The summed E-state index contributed by atoms with van der Waals surface area (Å²) in [5.41, 5.74) is 14.3. The van der Waals surface area contributed by atoms with Crippen molar-refractivity contribution in [3.8, 4) is 67.5 Å². The summed E-state index contributed by atoms with van der Waals surface area (Å²) >= 11 is 0. The maximum Gasteiger partial charge on any atom is 0.164 e. The lowest BCUT2D eigenvalue weighted by molar-refractivity contribution is 0.768. The molecule has 4 heteroatoms. The van der Waals surface area contributed by atoms with Gasteiger partial charge in [-0.25, -0.2) is 15.0 Å². The summed E-state index contributed by atoms with van der Waals surface area (Å²) in [6.07, 6.45) is 3.66. The van der Waals surface area contributed by atoms with Crippen molar-refractivity contribution >= 4 is 0 Å². The Morgan fingerprint density at radius 2 is 0.800 bits per heavy atom. The van der Waals surface area contributed by atoms with Crippen LogP contribution in [0.1, 0.15) is 22.3 Å². The molecule has 0 radical (unpaired) electrons. The van der Waals surface area contributed by atoms with Gasteiger partial charge in [-0.05, 0) is 73.8 Å². The molecule has 4 nitrogen and oxygen atoms in total. The summed E-state index contributed by atoms with van der Waals surface area (Å²) in [7, 11) is 0. The molecule has 0 spiro atoms. The van der Waals surface area contributed by atoms with Gasteiger partial charge in [-0.2, -0.15) is 0 Å². The number of benzene rings is 7. The maximum atomic E-state index is 5.08. The highest BCUT2D eigenvalue weighted by Crippen LogP contribution is 2.56. The normalized spacial score (nSPS) is 12.5. The molecule has 7 aromatic carbocycles. The lowest BCUT2D eigenvalue weighted by atomic mass is 9.67. The summed E-state index contributed by atoms with van der Waals surface area (Å²) in [6, 6.07) is 68.7. The first-order valence-corrected chi connectivity index (χ1v) is 18.5. The van der Waals surface area contributed by atoms with Gasteiger partial charge in [-0.15, -0.1) is 0 Å². The highest BCUT2D eigenvalue weighted by molar-refractivity contribution is 5.89. The molecule has 0 atom stereocenters. The zero-order chi connectivity index (χ0) is 36.6. The van der Waals surface area contributed by atoms with E-state index in [1.54, 1.807) is 6.20 Å². The van der Waals surface area contributed by atoms with Crippen LogP contribution < -0.4 is 0 Å². The lowest BCUT2D eigenvalue weighted by Crippen LogP contribution is -2.28. The highest BCUT2D eigenvalue weighted by atomic mass is 15.0. The fourth-order valence-electron chi connectivity index (χ4n) is 8.16. The van der Waals surface area contributed by atoms with Crippen LogP contribution in [-0.4, -0.2) is 19.9 Å². The van der Waals surface area contributed by atoms with Gasteiger partial charge in [0.25, 0.3) is 0 Å². The van der Waals surface area contributed by atoms with E-state index in [0.29, 0.717) is 17.5 Å². The Hall–Kier alpha value is -7.30. The van der Waals surface area contributed by atoms with Crippen LogP contribution in [0.4, 0.5) is 0 Å². The summed E-state index contributed by atoms with van der Waals surface area (Å²) in [5, 5.41) is 0. The molecular weight excluding hydrogens is 669 g/mol. The molecule has 0 saturated carbocycles. The summed E-state index contributed by atoms with van der Waals surface area (Å²) < 4.78 is 0. The minimum atomic E-state index is -0.430. The molecule has 1 aliphatic carbocycles. The molecule has 55 heavy (non-hydrogen) atoms. The van der Waals surface area contributed by atoms with Crippen molar-refractivity contribution in [2.75, 3.05) is 0 Å². The quantitative estimate of drug-likeness (QED) is 0.166. The average Bonchev–Trinajstić information content (AvgIpc) is 3.58. The zero-order valence-corrected chi connectivity index (χ0v) is 29.9. The van der Waals surface area contributed by atoms with Gasteiger partial charge in [0.2, 0.25) is 0 Å². The topological polar surface area (TPSA) is 51.6 Å². The first kappa shape index (κ1) is 32.4. The van der Waals surface area contributed by atoms with E-state index in [0.717, 1.165) is 38.9 Å². The van der Waals surface area contributed by atoms with E-state index in [-0.39, 0.29) is 0 Å². The fourth-order valence-corrected chi connectivity index (χ4v) is 8.16. The second kappa shape index (κ2) is 13.6. The van der Waals surface area contributed by atoms with Crippen molar-refractivity contribution in [1.82, 2.24) is 19.9 Å². The van der Waals surface area contributed by atoms with Crippen LogP contribution in [0.5, 0.6) is 0 Å². The molecule has 10 rings (SSSR count). The van der Waals surface area contributed by atoms with E-state index in [1.165, 1.54) is 33.4 Å². The summed E-state index contributed by atoms with van der Waals surface area (Å²) in [6.45, 7) is 0. The Morgan fingerprint density at radius 3 is 1.47 bits per heavy atom. The van der Waals surface area contributed by atoms with Gasteiger partial charge >= 0.3 is 0 Å². The van der Waals surface area contributed by atoms with Crippen LogP contribution in [0.25, 0.3) is 67.5 Å². The first-order chi connectivity index (χ1) is 27.3. The van der Waals surface area contributed by atoms with Gasteiger partial charge in [0.05, 0.1) is 5.41 Å². The minimum Gasteiger partial charge on any atom is -0.264 e. The molecule has 9 aromatic rings. The van der Waals surface area contributed by atoms with Gasteiger partial charge in [0.1, 0.15) is 0 Å². The van der Waals surface area contributed by atoms with E-state index >= 15 is 0 Å². The van der Waals surface area contributed by atoms with Crippen LogP contribution in [0.3, 0.4) is 0 Å². The van der Waals surface area contributed by atoms with E-state index in [4.69, 9.17) is 15.0 Å². The Morgan fingerprint density at radius 1 is 0.309 bits per heavy atom. The molecule has 0 unspecified atom stereocenters. The van der Waals surface area contributed by atoms with Gasteiger partial charge in [0, 0.05) is 29.1 Å². The van der Waals surface area contributed by atoms with E-state index in [2.05, 4.69) is 163 Å².